The van der Waals surface area contributed by atoms with E-state index >= 15 is 0 Å². The van der Waals surface area contributed by atoms with Crippen molar-refractivity contribution >= 4 is 30.2 Å². The van der Waals surface area contributed by atoms with Crippen LogP contribution in [-0.2, 0) is 13.0 Å². The molecular formula is C15H18BClN4O. The van der Waals surface area contributed by atoms with Gasteiger partial charge in [0.25, 0.3) is 0 Å². The molecule has 1 aromatic heterocycles. The zero-order valence-corrected chi connectivity index (χ0v) is 13.4. The monoisotopic (exact) mass is 316 g/mol. The van der Waals surface area contributed by atoms with Gasteiger partial charge in [-0.25, -0.2) is 9.97 Å². The lowest BCUT2D eigenvalue weighted by Crippen LogP contribution is -2.40. The first-order chi connectivity index (χ1) is 10.5. The van der Waals surface area contributed by atoms with Crippen LogP contribution in [0.3, 0.4) is 0 Å². The second-order valence-electron chi connectivity index (χ2n) is 5.63. The van der Waals surface area contributed by atoms with Crippen molar-refractivity contribution in [3.8, 4) is 0 Å². The number of aromatic nitrogens is 2. The van der Waals surface area contributed by atoms with Gasteiger partial charge in [0.05, 0.1) is 0 Å². The number of aryl methyl sites for hydroxylation is 1. The summed E-state index contributed by atoms with van der Waals surface area (Å²) in [6.45, 7) is 5.40. The van der Waals surface area contributed by atoms with E-state index in [-0.39, 0.29) is 5.28 Å². The van der Waals surface area contributed by atoms with Crippen molar-refractivity contribution in [1.29, 1.82) is 0 Å². The molecule has 114 valence electrons. The van der Waals surface area contributed by atoms with Crippen LogP contribution in [0.15, 0.2) is 24.4 Å². The number of fused-ring (bicyclic) bond motifs is 1. The van der Waals surface area contributed by atoms with Gasteiger partial charge in [0, 0.05) is 24.0 Å². The van der Waals surface area contributed by atoms with E-state index in [4.69, 9.17) is 11.6 Å². The fourth-order valence-corrected chi connectivity index (χ4v) is 2.79. The first kappa shape index (κ1) is 15.3. The summed E-state index contributed by atoms with van der Waals surface area (Å²) in [5, 5.41) is 13.2. The molecule has 0 bridgehead atoms. The highest BCUT2D eigenvalue weighted by Crippen LogP contribution is 2.25. The number of nitrogens with zero attached hydrogens (tertiary/aromatic N) is 3. The topological polar surface area (TPSA) is 61.3 Å². The molecule has 2 N–H and O–H groups in total. The first-order valence-corrected chi connectivity index (χ1v) is 7.71. The molecule has 0 spiro atoms. The molecule has 2 aromatic rings. The molecule has 0 aliphatic carbocycles. The highest BCUT2D eigenvalue weighted by atomic mass is 35.5. The zero-order chi connectivity index (χ0) is 15.7. The van der Waals surface area contributed by atoms with Crippen LogP contribution in [0.2, 0.25) is 12.1 Å². The third kappa shape index (κ3) is 3.24. The predicted molar refractivity (Wildman–Crippen MR) is 89.5 cm³/mol. The third-order valence-electron chi connectivity index (χ3n) is 3.98. The summed E-state index contributed by atoms with van der Waals surface area (Å²) in [7, 11) is -0.406. The van der Waals surface area contributed by atoms with Gasteiger partial charge in [-0.05, 0) is 61.6 Å². The molecule has 22 heavy (non-hydrogen) atoms. The number of rotatable bonds is 3. The SMILES string of the molecule is CB(O)N1CCc2cc(Nc3nc(Cl)ncc3C)ccc2C1. The molecule has 1 aliphatic rings. The Morgan fingerprint density at radius 3 is 2.95 bits per heavy atom. The molecule has 7 heteroatoms. The van der Waals surface area contributed by atoms with Crippen molar-refractivity contribution in [2.45, 2.75) is 26.7 Å². The normalized spacial score (nSPS) is 14.5. The number of halogens is 1. The number of benzene rings is 1. The van der Waals surface area contributed by atoms with E-state index in [2.05, 4.69) is 32.2 Å². The summed E-state index contributed by atoms with van der Waals surface area (Å²) in [6, 6.07) is 6.27. The maximum atomic E-state index is 9.70. The summed E-state index contributed by atoms with van der Waals surface area (Å²) >= 11 is 5.85. The molecule has 5 nitrogen and oxygen atoms in total. The van der Waals surface area contributed by atoms with Crippen LogP contribution in [-0.4, -0.2) is 33.4 Å². The fourth-order valence-electron chi connectivity index (χ4n) is 2.66. The Morgan fingerprint density at radius 2 is 2.18 bits per heavy atom. The summed E-state index contributed by atoms with van der Waals surface area (Å²) in [5.74, 6) is 0.723. The number of nitrogens with one attached hydrogen (secondary N) is 1. The molecule has 0 saturated carbocycles. The minimum atomic E-state index is -0.406. The Balaban J connectivity index is 1.81. The van der Waals surface area contributed by atoms with E-state index in [9.17, 15) is 5.02 Å². The molecule has 0 amide bonds. The van der Waals surface area contributed by atoms with Gasteiger partial charge in [-0.2, -0.15) is 0 Å². The fraction of sp³-hybridized carbons (Fsp3) is 0.333. The molecule has 0 fully saturated rings. The van der Waals surface area contributed by atoms with E-state index < -0.39 is 7.05 Å². The quantitative estimate of drug-likeness (QED) is 0.673. The standard InChI is InChI=1S/C15H18BClN4O/c1-10-8-18-15(17)20-14(10)19-13-4-3-12-9-21(16(2)22)6-5-11(12)7-13/h3-4,7-8,22H,5-6,9H2,1-2H3,(H,18,19,20). The molecule has 0 saturated heterocycles. The van der Waals surface area contributed by atoms with E-state index in [1.54, 1.807) is 6.20 Å². The van der Waals surface area contributed by atoms with Gasteiger partial charge in [-0.3, -0.25) is 0 Å². The summed E-state index contributed by atoms with van der Waals surface area (Å²) < 4.78 is 0. The van der Waals surface area contributed by atoms with E-state index in [0.717, 1.165) is 36.6 Å². The Hall–Kier alpha value is -1.63. The molecule has 1 aromatic carbocycles. The lowest BCUT2D eigenvalue weighted by Gasteiger charge is -2.29. The summed E-state index contributed by atoms with van der Waals surface area (Å²) in [6.07, 6.45) is 2.63. The second-order valence-corrected chi connectivity index (χ2v) is 5.97. The van der Waals surface area contributed by atoms with Gasteiger partial charge < -0.3 is 15.2 Å². The van der Waals surface area contributed by atoms with Gasteiger partial charge in [0.1, 0.15) is 5.82 Å². The Kier molecular flexibility index (Phi) is 4.33. The Labute approximate surface area is 135 Å². The van der Waals surface area contributed by atoms with Crippen LogP contribution in [0, 0.1) is 6.92 Å². The average molecular weight is 317 g/mol. The highest BCUT2D eigenvalue weighted by molar-refractivity contribution is 6.45. The number of hydrogen-bond acceptors (Lipinski definition) is 5. The van der Waals surface area contributed by atoms with Crippen molar-refractivity contribution in [2.75, 3.05) is 11.9 Å². The minimum absolute atomic E-state index is 0.235. The summed E-state index contributed by atoms with van der Waals surface area (Å²) in [4.78, 5) is 10.2. The van der Waals surface area contributed by atoms with Crippen LogP contribution in [0.4, 0.5) is 11.5 Å². The van der Waals surface area contributed by atoms with Crippen LogP contribution >= 0.6 is 11.6 Å². The van der Waals surface area contributed by atoms with Crippen molar-refractivity contribution < 1.29 is 5.02 Å². The molecule has 3 rings (SSSR count). The van der Waals surface area contributed by atoms with Crippen LogP contribution in [0.25, 0.3) is 0 Å². The smallest absolute Gasteiger partial charge is 0.376 e. The van der Waals surface area contributed by atoms with Crippen molar-refractivity contribution in [2.24, 2.45) is 0 Å². The van der Waals surface area contributed by atoms with Crippen molar-refractivity contribution in [3.63, 3.8) is 0 Å². The first-order valence-electron chi connectivity index (χ1n) is 7.33. The highest BCUT2D eigenvalue weighted by Gasteiger charge is 2.22. The van der Waals surface area contributed by atoms with Gasteiger partial charge in [-0.15, -0.1) is 0 Å². The van der Waals surface area contributed by atoms with Crippen LogP contribution in [0.1, 0.15) is 16.7 Å². The van der Waals surface area contributed by atoms with Gasteiger partial charge in [-0.1, -0.05) is 6.07 Å². The molecule has 0 atom stereocenters. The van der Waals surface area contributed by atoms with E-state index in [1.165, 1.54) is 11.1 Å². The maximum Gasteiger partial charge on any atom is 0.376 e. The average Bonchev–Trinajstić information content (AvgIpc) is 2.50. The zero-order valence-electron chi connectivity index (χ0n) is 12.7. The lowest BCUT2D eigenvalue weighted by molar-refractivity contribution is 0.347. The van der Waals surface area contributed by atoms with E-state index in [0.29, 0.717) is 0 Å². The van der Waals surface area contributed by atoms with E-state index in [1.807, 2.05) is 19.8 Å². The molecular weight excluding hydrogens is 298 g/mol. The predicted octanol–water partition coefficient (Wildman–Crippen LogP) is 2.65. The Bertz CT molecular complexity index is 695. The number of hydrogen-bond donors (Lipinski definition) is 2. The van der Waals surface area contributed by atoms with Crippen LogP contribution in [0.5, 0.6) is 0 Å². The summed E-state index contributed by atoms with van der Waals surface area (Å²) in [5.41, 5.74) is 4.50. The molecule has 0 unspecified atom stereocenters. The number of anilines is 2. The van der Waals surface area contributed by atoms with Gasteiger partial charge in [0.2, 0.25) is 5.28 Å². The van der Waals surface area contributed by atoms with Gasteiger partial charge in [0.15, 0.2) is 0 Å². The van der Waals surface area contributed by atoms with Crippen LogP contribution < -0.4 is 5.32 Å². The van der Waals surface area contributed by atoms with Crippen molar-refractivity contribution in [3.05, 3.63) is 46.4 Å². The molecule has 0 radical (unpaired) electrons. The maximum absolute atomic E-state index is 9.70. The van der Waals surface area contributed by atoms with Gasteiger partial charge >= 0.3 is 7.05 Å². The Morgan fingerprint density at radius 1 is 1.36 bits per heavy atom. The molecule has 1 aliphatic heterocycles. The third-order valence-corrected chi connectivity index (χ3v) is 4.16. The largest absolute Gasteiger partial charge is 0.437 e. The minimum Gasteiger partial charge on any atom is -0.437 e. The molecule has 2 heterocycles. The second kappa shape index (κ2) is 6.24. The lowest BCUT2D eigenvalue weighted by atomic mass is 9.81. The van der Waals surface area contributed by atoms with Crippen molar-refractivity contribution in [1.82, 2.24) is 14.8 Å².